The van der Waals surface area contributed by atoms with Gasteiger partial charge in [-0.25, -0.2) is 9.97 Å². The molecule has 238 valence electrons. The molecule has 0 radical (unpaired) electrons. The van der Waals surface area contributed by atoms with Crippen molar-refractivity contribution in [2.45, 2.75) is 53.4 Å². The lowest BCUT2D eigenvalue weighted by atomic mass is 10.00. The van der Waals surface area contributed by atoms with Crippen LogP contribution in [-0.4, -0.2) is 42.1 Å². The fourth-order valence-corrected chi connectivity index (χ4v) is 7.38. The van der Waals surface area contributed by atoms with Crippen LogP contribution in [0.25, 0.3) is 50.4 Å². The Balaban J connectivity index is 2.10. The second-order valence-corrected chi connectivity index (χ2v) is 12.6. The Hall–Kier alpha value is -3.82. The Morgan fingerprint density at radius 1 is 0.674 bits per heavy atom. The van der Waals surface area contributed by atoms with E-state index in [1.54, 1.807) is 12.2 Å². The third kappa shape index (κ3) is 5.47. The van der Waals surface area contributed by atoms with E-state index in [1.807, 2.05) is 27.7 Å². The Bertz CT molecular complexity index is 2140. The molecule has 0 unspecified atom stereocenters. The first-order valence-electron chi connectivity index (χ1n) is 14.3. The van der Waals surface area contributed by atoms with Crippen molar-refractivity contribution in [2.24, 2.45) is 0 Å². The van der Waals surface area contributed by atoms with Crippen molar-refractivity contribution in [3.8, 4) is 0 Å². The lowest BCUT2D eigenvalue weighted by Gasteiger charge is -2.06. The van der Waals surface area contributed by atoms with Crippen LogP contribution in [0.4, 0.5) is 0 Å². The smallest absolute Gasteiger partial charge is 0.303 e. The number of carbonyl (C=O) groups is 2. The summed E-state index contributed by atoms with van der Waals surface area (Å²) in [6.45, 7) is 15.4. The third-order valence-electron chi connectivity index (χ3n) is 8.53. The van der Waals surface area contributed by atoms with Gasteiger partial charge in [0.2, 0.25) is 0 Å². The van der Waals surface area contributed by atoms with Crippen LogP contribution in [0.1, 0.15) is 78.1 Å². The minimum absolute atomic E-state index is 0.127. The summed E-state index contributed by atoms with van der Waals surface area (Å²) in [5, 5.41) is 20.1. The van der Waals surface area contributed by atoms with Crippen molar-refractivity contribution in [3.05, 3.63) is 84.4 Å². The Labute approximate surface area is 285 Å². The number of carboxylic acid groups (broad SMARTS) is 2. The van der Waals surface area contributed by atoms with E-state index in [0.29, 0.717) is 83.3 Å². The molecular weight excluding hydrogens is 670 g/mol. The summed E-state index contributed by atoms with van der Waals surface area (Å²) in [5.74, 6) is -1.97. The number of nitrogens with zero attached hydrogens (tertiary/aromatic N) is 2. The van der Waals surface area contributed by atoms with E-state index < -0.39 is 11.9 Å². The lowest BCUT2D eigenvalue weighted by Crippen LogP contribution is -1.98. The molecule has 4 N–H and O–H groups in total. The van der Waals surface area contributed by atoms with Crippen molar-refractivity contribution in [1.82, 2.24) is 19.9 Å². The first-order valence-corrected chi connectivity index (χ1v) is 15.8. The minimum atomic E-state index is -0.986. The second kappa shape index (κ2) is 12.8. The summed E-state index contributed by atoms with van der Waals surface area (Å²) in [4.78, 5) is 39.8. The number of halogens is 4. The predicted molar refractivity (Wildman–Crippen MR) is 189 cm³/mol. The van der Waals surface area contributed by atoms with E-state index >= 15 is 0 Å². The summed E-state index contributed by atoms with van der Waals surface area (Å²) in [6, 6.07) is 0. The molecule has 0 saturated carbocycles. The molecular formula is C34H30Cl4N4O4. The summed E-state index contributed by atoms with van der Waals surface area (Å²) < 4.78 is 0. The Kier molecular flexibility index (Phi) is 9.30. The van der Waals surface area contributed by atoms with Crippen LogP contribution in [0.3, 0.4) is 0 Å². The number of H-pyrrole nitrogens is 2. The highest BCUT2D eigenvalue weighted by molar-refractivity contribution is 6.40. The number of aryl methyl sites for hydroxylation is 3. The van der Waals surface area contributed by atoms with Gasteiger partial charge in [0.05, 0.1) is 64.9 Å². The molecule has 2 aliphatic heterocycles. The van der Waals surface area contributed by atoms with E-state index in [2.05, 4.69) is 23.1 Å². The average Bonchev–Trinajstić information content (AvgIpc) is 3.73. The number of carboxylic acids is 2. The highest BCUT2D eigenvalue weighted by Crippen LogP contribution is 2.45. The van der Waals surface area contributed by atoms with Gasteiger partial charge < -0.3 is 20.2 Å². The van der Waals surface area contributed by atoms with Gasteiger partial charge in [-0.2, -0.15) is 0 Å². The predicted octanol–water partition coefficient (Wildman–Crippen LogP) is 10.1. The normalized spacial score (nSPS) is 13.0. The van der Waals surface area contributed by atoms with E-state index in [-0.39, 0.29) is 40.8 Å². The van der Waals surface area contributed by atoms with Gasteiger partial charge in [-0.05, 0) is 73.9 Å². The van der Waals surface area contributed by atoms with Crippen molar-refractivity contribution in [2.75, 3.05) is 0 Å². The molecule has 0 fully saturated rings. The molecule has 0 amide bonds. The van der Waals surface area contributed by atoms with Gasteiger partial charge in [0, 0.05) is 24.0 Å². The number of hydrogen-bond acceptors (Lipinski definition) is 4. The van der Waals surface area contributed by atoms with Gasteiger partial charge in [0.15, 0.2) is 0 Å². The maximum Gasteiger partial charge on any atom is 0.303 e. The third-order valence-corrected chi connectivity index (χ3v) is 10.0. The lowest BCUT2D eigenvalue weighted by molar-refractivity contribution is -0.137. The molecule has 12 heteroatoms. The Morgan fingerprint density at radius 2 is 1.17 bits per heavy atom. The van der Waals surface area contributed by atoms with Crippen molar-refractivity contribution in [1.29, 1.82) is 0 Å². The van der Waals surface area contributed by atoms with Crippen LogP contribution in [0.5, 0.6) is 0 Å². The molecule has 8 nitrogen and oxygen atoms in total. The molecule has 0 saturated heterocycles. The van der Waals surface area contributed by atoms with Gasteiger partial charge in [-0.1, -0.05) is 71.7 Å². The summed E-state index contributed by atoms with van der Waals surface area (Å²) in [5.41, 5.74) is 9.07. The van der Waals surface area contributed by atoms with Gasteiger partial charge >= 0.3 is 11.9 Å². The van der Waals surface area contributed by atoms with Crippen LogP contribution >= 0.6 is 46.4 Å². The monoisotopic (exact) mass is 698 g/mol. The van der Waals surface area contributed by atoms with Crippen molar-refractivity contribution in [3.63, 3.8) is 0 Å². The number of aromatic nitrogens is 4. The zero-order chi connectivity index (χ0) is 33.8. The number of fused-ring (bicyclic) bond motifs is 8. The number of nitrogens with one attached hydrogen (secondary N) is 2. The molecule has 3 aromatic rings. The molecule has 0 spiro atoms. The largest absolute Gasteiger partial charge is 0.481 e. The van der Waals surface area contributed by atoms with Crippen LogP contribution in [0, 0.1) is 13.8 Å². The molecule has 5 rings (SSSR count). The topological polar surface area (TPSA) is 132 Å². The van der Waals surface area contributed by atoms with Crippen molar-refractivity contribution >= 4 is 109 Å². The second-order valence-electron chi connectivity index (χ2n) is 11.1. The Morgan fingerprint density at radius 3 is 1.78 bits per heavy atom. The fraction of sp³-hybridized carbons (Fsp3) is 0.235. The van der Waals surface area contributed by atoms with E-state index in [9.17, 15) is 19.8 Å². The number of aromatic amines is 2. The molecule has 0 aromatic carbocycles. The fourth-order valence-electron chi connectivity index (χ4n) is 6.02. The molecule has 0 atom stereocenters. The van der Waals surface area contributed by atoms with Crippen molar-refractivity contribution < 1.29 is 19.8 Å². The summed E-state index contributed by atoms with van der Waals surface area (Å²) >= 11 is 28.5. The van der Waals surface area contributed by atoms with Crippen LogP contribution in [0.2, 0.25) is 20.1 Å². The highest BCUT2D eigenvalue weighted by Gasteiger charge is 2.27. The van der Waals surface area contributed by atoms with E-state index in [0.717, 1.165) is 11.1 Å². The molecule has 8 bridgehead atoms. The standard InChI is InChI=1S/C34H30Cl4N4O4/c1-7-17-13(3)27-23(35)29-15(5)19(9-11-21(43)44)33(41-29)26(38)34-20(10-12-22(45)46)16(6)30(42-34)25(37)32-18(8-2)14(4)28(40-32)24(36)31(17)39-27/h7-8,39,42H,1-2,9-12H2,3-6H3,(H,43,44)(H,45,46). The van der Waals surface area contributed by atoms with Gasteiger partial charge in [0.1, 0.15) is 0 Å². The SMILES string of the molecule is C=CC1=C(C)c2nc1c(Cl)c1[nH]c(c(Cl)c3nc(c(Cl)c4[nH]c(c2Cl)c(C=C)c4C)C(C)=C3CCC(=O)O)c(CCC(=O)O)c1C. The first kappa shape index (κ1) is 33.5. The number of rotatable bonds is 8. The molecule has 2 aliphatic rings. The quantitative estimate of drug-likeness (QED) is 0.185. The zero-order valence-electron chi connectivity index (χ0n) is 25.5. The molecule has 0 aliphatic carbocycles. The minimum Gasteiger partial charge on any atom is -0.481 e. The maximum atomic E-state index is 11.7. The van der Waals surface area contributed by atoms with Crippen LogP contribution in [0.15, 0.2) is 19.2 Å². The summed E-state index contributed by atoms with van der Waals surface area (Å²) in [7, 11) is 0. The van der Waals surface area contributed by atoms with Crippen LogP contribution in [-0.2, 0) is 16.0 Å². The van der Waals surface area contributed by atoms with E-state index in [4.69, 9.17) is 56.4 Å². The number of allylic oxidation sites excluding steroid dienone is 5. The zero-order valence-corrected chi connectivity index (χ0v) is 28.5. The highest BCUT2D eigenvalue weighted by atomic mass is 35.5. The first-order chi connectivity index (χ1) is 21.7. The van der Waals surface area contributed by atoms with Gasteiger partial charge in [-0.15, -0.1) is 0 Å². The summed E-state index contributed by atoms with van der Waals surface area (Å²) in [6.07, 6.45) is 3.26. The maximum absolute atomic E-state index is 11.7. The number of aliphatic carboxylic acids is 2. The molecule has 46 heavy (non-hydrogen) atoms. The van der Waals surface area contributed by atoms with Gasteiger partial charge in [0.25, 0.3) is 0 Å². The number of hydrogen-bond donors (Lipinski definition) is 4. The van der Waals surface area contributed by atoms with Crippen LogP contribution < -0.4 is 0 Å². The van der Waals surface area contributed by atoms with Gasteiger partial charge in [-0.3, -0.25) is 9.59 Å². The molecule has 3 aromatic heterocycles. The van der Waals surface area contributed by atoms with E-state index in [1.165, 1.54) is 0 Å². The average molecular weight is 700 g/mol. The molecule has 5 heterocycles.